The summed E-state index contributed by atoms with van der Waals surface area (Å²) >= 11 is 0. The third kappa shape index (κ3) is 33.1. The van der Waals surface area contributed by atoms with E-state index in [1.165, 1.54) is 0 Å². The van der Waals surface area contributed by atoms with Crippen molar-refractivity contribution in [2.24, 2.45) is 0 Å². The predicted molar refractivity (Wildman–Crippen MR) is 72.2 cm³/mol. The van der Waals surface area contributed by atoms with Crippen LogP contribution in [0.2, 0.25) is 0 Å². The van der Waals surface area contributed by atoms with E-state index in [2.05, 4.69) is 0 Å². The smallest absolute Gasteiger partial charge is 0.778 e. The Kier molecular flexibility index (Phi) is 32.3. The molecule has 0 radical (unpaired) electrons. The molecule has 0 fully saturated rings. The minimum Gasteiger partial charge on any atom is -0.778 e. The number of rotatable bonds is 11. The van der Waals surface area contributed by atoms with E-state index in [1.54, 1.807) is 0 Å². The molecule has 28 heavy (non-hydrogen) atoms. The van der Waals surface area contributed by atoms with E-state index in [0.717, 1.165) is 0 Å². The van der Waals surface area contributed by atoms with Gasteiger partial charge in [0.25, 0.3) is 0 Å². The van der Waals surface area contributed by atoms with Crippen LogP contribution in [0.15, 0.2) is 0 Å². The van der Waals surface area contributed by atoms with Gasteiger partial charge in [-0.1, -0.05) is 0 Å². The van der Waals surface area contributed by atoms with Gasteiger partial charge in [0.15, 0.2) is 0 Å². The zero-order valence-corrected chi connectivity index (χ0v) is 32.1. The molecular weight excluding hydrogens is 572 g/mol. The molecule has 0 bridgehead atoms. The fraction of sp³-hybridized carbons (Fsp3) is 1.00. The van der Waals surface area contributed by atoms with Crippen molar-refractivity contribution in [3.8, 4) is 0 Å². The van der Waals surface area contributed by atoms with Crippen molar-refractivity contribution in [2.75, 3.05) is 38.2 Å². The summed E-state index contributed by atoms with van der Waals surface area (Å²) in [5.74, 6) is 0. The molecule has 4 N–H and O–H groups in total. The van der Waals surface area contributed by atoms with E-state index in [0.29, 0.717) is 9.80 Å². The average Bonchev–Trinajstić information content (AvgIpc) is 2.16. The van der Waals surface area contributed by atoms with Crippen LogP contribution in [0, 0.1) is 0 Å². The summed E-state index contributed by atoms with van der Waals surface area (Å²) < 4.78 is 43.3. The summed E-state index contributed by atoms with van der Waals surface area (Å²) in [5, 5.41) is 0. The monoisotopic (exact) mass is 588 g/mol. The third-order valence-electron chi connectivity index (χ3n) is 2.25. The Balaban J connectivity index is -0.000000441. The molecule has 14 nitrogen and oxygen atoms in total. The topological polar surface area (TPSA) is 248 Å². The Morgan fingerprint density at radius 1 is 0.500 bits per heavy atom. The van der Waals surface area contributed by atoms with E-state index in [4.69, 9.17) is 19.6 Å². The van der Waals surface area contributed by atoms with Crippen molar-refractivity contribution in [1.82, 2.24) is 9.80 Å². The SMILES string of the molecule is O=P([O-])(O)CN(CCN(CP(=O)([O-])O)CP(=O)([O-])O)CP(=O)([O-])O.[K+].[K+].[K+].[K+]. The molecule has 0 heterocycles. The fourth-order valence-electron chi connectivity index (χ4n) is 1.67. The maximum atomic E-state index is 10.8. The summed E-state index contributed by atoms with van der Waals surface area (Å²) in [7, 11) is -20.0. The summed E-state index contributed by atoms with van der Waals surface area (Å²) in [6.45, 7) is -1.28. The molecule has 0 aromatic rings. The number of nitrogens with zero attached hydrogens (tertiary/aromatic N) is 2. The Morgan fingerprint density at radius 3 is 0.750 bits per heavy atom. The van der Waals surface area contributed by atoms with Gasteiger partial charge in [0.2, 0.25) is 0 Å². The zero-order chi connectivity index (χ0) is 19.4. The van der Waals surface area contributed by atoms with Crippen LogP contribution >= 0.6 is 30.4 Å². The van der Waals surface area contributed by atoms with Gasteiger partial charge in [-0.05, 0) is 0 Å². The fourth-order valence-corrected chi connectivity index (χ4v) is 4.97. The van der Waals surface area contributed by atoms with Crippen molar-refractivity contribution in [1.29, 1.82) is 0 Å². The van der Waals surface area contributed by atoms with Crippen LogP contribution in [0.3, 0.4) is 0 Å². The van der Waals surface area contributed by atoms with Gasteiger partial charge < -0.3 is 57.4 Å². The maximum absolute atomic E-state index is 10.8. The molecule has 0 amide bonds. The van der Waals surface area contributed by atoms with Gasteiger partial charge in [0.05, 0.1) is 25.1 Å². The standard InChI is InChI=1S/C6H20N2O12P4.4K/c9-21(10,11)3-7(4-22(12,13)14)1-2-8(5-23(15,16)17)6-24(18,19)20;;;;/h1-6H2,(H2,9,10,11)(H2,12,13,14)(H2,15,16,17)(H2,18,19,20);;;;/q;4*+1/p-4. The molecule has 4 unspecified atom stereocenters. The molecule has 0 aliphatic heterocycles. The molecule has 0 saturated carbocycles. The molecule has 0 aromatic carbocycles. The summed E-state index contributed by atoms with van der Waals surface area (Å²) in [5.41, 5.74) is 0. The second-order valence-electron chi connectivity index (χ2n) is 4.90. The van der Waals surface area contributed by atoms with Crippen LogP contribution in [-0.2, 0) is 18.3 Å². The van der Waals surface area contributed by atoms with Crippen molar-refractivity contribution in [3.05, 3.63) is 0 Å². The van der Waals surface area contributed by atoms with Crippen LogP contribution < -0.4 is 225 Å². The Hall–Kier alpha value is 7.07. The van der Waals surface area contributed by atoms with Gasteiger partial charge in [-0.25, -0.2) is 0 Å². The quantitative estimate of drug-likeness (QED) is 0.129. The van der Waals surface area contributed by atoms with E-state index >= 15 is 0 Å². The maximum Gasteiger partial charge on any atom is 1.00 e. The summed E-state index contributed by atoms with van der Waals surface area (Å²) in [4.78, 5) is 79.1. The van der Waals surface area contributed by atoms with Gasteiger partial charge >= 0.3 is 206 Å². The van der Waals surface area contributed by atoms with Gasteiger partial charge in [-0.15, -0.1) is 0 Å². The number of hydrogen-bond donors (Lipinski definition) is 4. The van der Waals surface area contributed by atoms with Gasteiger partial charge in [0, 0.05) is 13.1 Å². The van der Waals surface area contributed by atoms with E-state index < -0.39 is 68.6 Å². The van der Waals surface area contributed by atoms with Crippen LogP contribution in [0.4, 0.5) is 0 Å². The molecule has 22 heteroatoms. The molecule has 0 aliphatic rings. The Morgan fingerprint density at radius 2 is 0.643 bits per heavy atom. The molecule has 0 spiro atoms. The minimum absolute atomic E-state index is 0. The van der Waals surface area contributed by atoms with Crippen LogP contribution in [0.5, 0.6) is 0 Å². The van der Waals surface area contributed by atoms with Gasteiger partial charge in [-0.3, -0.25) is 9.80 Å². The van der Waals surface area contributed by atoms with E-state index in [-0.39, 0.29) is 206 Å². The van der Waals surface area contributed by atoms with Crippen LogP contribution in [0.25, 0.3) is 0 Å². The third-order valence-corrected chi connectivity index (χ3v) is 5.28. The first kappa shape index (κ1) is 45.0. The summed E-state index contributed by atoms with van der Waals surface area (Å²) in [6, 6.07) is 0. The van der Waals surface area contributed by atoms with E-state index in [1.807, 2.05) is 0 Å². The molecular formula is C6H16K4N2O12P4. The predicted octanol–water partition coefficient (Wildman–Crippen LogP) is -16.4. The van der Waals surface area contributed by atoms with Crippen molar-refractivity contribution >= 4 is 30.4 Å². The second-order valence-corrected chi connectivity index (χ2v) is 11.1. The first-order valence-corrected chi connectivity index (χ1v) is 13.0. The van der Waals surface area contributed by atoms with Crippen molar-refractivity contribution < 1.29 is 263 Å². The largest absolute Gasteiger partial charge is 1.00 e. The molecule has 0 aromatic heterocycles. The zero-order valence-electron chi connectivity index (χ0n) is 16.0. The molecule has 0 aliphatic carbocycles. The first-order valence-electron chi connectivity index (χ1n) is 5.92. The van der Waals surface area contributed by atoms with Crippen molar-refractivity contribution in [3.63, 3.8) is 0 Å². The first-order chi connectivity index (χ1) is 10.4. The second kappa shape index (κ2) is 20.1. The normalized spacial score (nSPS) is 19.4. The van der Waals surface area contributed by atoms with Gasteiger partial charge in [-0.2, -0.15) is 0 Å². The van der Waals surface area contributed by atoms with E-state index in [9.17, 15) is 37.8 Å². The number of hydrogen-bond acceptors (Lipinski definition) is 10. The summed E-state index contributed by atoms with van der Waals surface area (Å²) in [6.07, 6.45) is -4.90. The van der Waals surface area contributed by atoms with Crippen LogP contribution in [0.1, 0.15) is 0 Å². The van der Waals surface area contributed by atoms with Crippen molar-refractivity contribution in [2.45, 2.75) is 0 Å². The Bertz CT molecular complexity index is 503. The van der Waals surface area contributed by atoms with Gasteiger partial charge in [0.1, 0.15) is 30.4 Å². The van der Waals surface area contributed by atoms with Crippen LogP contribution in [-0.4, -0.2) is 67.6 Å². The molecule has 0 saturated heterocycles. The average molecular weight is 588 g/mol. The minimum atomic E-state index is -5.00. The molecule has 146 valence electrons. The Labute approximate surface area is 332 Å². The molecule has 4 atom stereocenters. The molecule has 0 rings (SSSR count).